The third-order valence-corrected chi connectivity index (χ3v) is 5.33. The summed E-state index contributed by atoms with van der Waals surface area (Å²) >= 11 is 6.35. The first-order valence-corrected chi connectivity index (χ1v) is 11.0. The van der Waals surface area contributed by atoms with Crippen LogP contribution in [0.1, 0.15) is 28.4 Å². The lowest BCUT2D eigenvalue weighted by Crippen LogP contribution is -2.28. The predicted octanol–water partition coefficient (Wildman–Crippen LogP) is 5.46. The van der Waals surface area contributed by atoms with Crippen LogP contribution >= 0.6 is 11.6 Å². The van der Waals surface area contributed by atoms with E-state index in [-0.39, 0.29) is 10.9 Å². The molecule has 0 fully saturated rings. The SMILES string of the molecule is O=C(O)OC1CCOc2cc(Oc3ccc(C(=O)NCCOc4ccccc4)cc3)c(Cl)cc21. The molecule has 3 aromatic rings. The Bertz CT molecular complexity index is 1150. The smallest absolute Gasteiger partial charge is 0.493 e. The van der Waals surface area contributed by atoms with Gasteiger partial charge in [0.05, 0.1) is 18.2 Å². The van der Waals surface area contributed by atoms with Gasteiger partial charge < -0.3 is 29.4 Å². The number of carbonyl (C=O) groups excluding carboxylic acids is 1. The zero-order chi connectivity index (χ0) is 23.9. The first-order chi connectivity index (χ1) is 16.5. The second-order valence-electron chi connectivity index (χ2n) is 7.37. The Balaban J connectivity index is 1.34. The molecule has 2 N–H and O–H groups in total. The molecule has 0 spiro atoms. The second-order valence-corrected chi connectivity index (χ2v) is 7.78. The summed E-state index contributed by atoms with van der Waals surface area (Å²) in [7, 11) is 0. The number of rotatable bonds is 8. The van der Waals surface area contributed by atoms with Gasteiger partial charge in [-0.25, -0.2) is 4.79 Å². The van der Waals surface area contributed by atoms with Crippen molar-refractivity contribution in [2.45, 2.75) is 12.5 Å². The van der Waals surface area contributed by atoms with E-state index in [0.717, 1.165) is 5.75 Å². The van der Waals surface area contributed by atoms with Gasteiger partial charge >= 0.3 is 6.16 Å². The summed E-state index contributed by atoms with van der Waals surface area (Å²) in [5.41, 5.74) is 1.02. The summed E-state index contributed by atoms with van der Waals surface area (Å²) in [5, 5.41) is 12.0. The number of carbonyl (C=O) groups is 2. The van der Waals surface area contributed by atoms with Crippen LogP contribution in [-0.2, 0) is 4.74 Å². The van der Waals surface area contributed by atoms with Crippen LogP contribution in [0.15, 0.2) is 66.7 Å². The Hall–Kier alpha value is -3.91. The van der Waals surface area contributed by atoms with Crippen LogP contribution in [0.4, 0.5) is 4.79 Å². The van der Waals surface area contributed by atoms with Gasteiger partial charge in [0.2, 0.25) is 0 Å². The number of fused-ring (bicyclic) bond motifs is 1. The van der Waals surface area contributed by atoms with Crippen molar-refractivity contribution in [3.8, 4) is 23.0 Å². The van der Waals surface area contributed by atoms with E-state index in [9.17, 15) is 9.59 Å². The van der Waals surface area contributed by atoms with Crippen LogP contribution in [0, 0.1) is 0 Å². The summed E-state index contributed by atoms with van der Waals surface area (Å²) in [6.07, 6.45) is -1.61. The summed E-state index contributed by atoms with van der Waals surface area (Å²) in [6, 6.07) is 19.1. The van der Waals surface area contributed by atoms with Gasteiger partial charge in [-0.05, 0) is 42.5 Å². The van der Waals surface area contributed by atoms with Crippen LogP contribution in [0.2, 0.25) is 5.02 Å². The lowest BCUT2D eigenvalue weighted by molar-refractivity contribution is 0.0326. The Morgan fingerprint density at radius 3 is 2.56 bits per heavy atom. The van der Waals surface area contributed by atoms with E-state index in [0.29, 0.717) is 54.6 Å². The van der Waals surface area contributed by atoms with E-state index in [4.69, 9.17) is 35.7 Å². The molecule has 1 amide bonds. The highest BCUT2D eigenvalue weighted by Crippen LogP contribution is 2.42. The maximum Gasteiger partial charge on any atom is 0.506 e. The molecule has 1 heterocycles. The van der Waals surface area contributed by atoms with Crippen molar-refractivity contribution < 1.29 is 33.6 Å². The van der Waals surface area contributed by atoms with Crippen molar-refractivity contribution in [3.05, 3.63) is 82.9 Å². The van der Waals surface area contributed by atoms with Crippen molar-refractivity contribution in [1.82, 2.24) is 5.32 Å². The number of carboxylic acid groups (broad SMARTS) is 1. The summed E-state index contributed by atoms with van der Waals surface area (Å²) in [6.45, 7) is 1.03. The summed E-state index contributed by atoms with van der Waals surface area (Å²) < 4.78 is 21.9. The van der Waals surface area contributed by atoms with Gasteiger partial charge in [0.25, 0.3) is 5.91 Å². The molecule has 34 heavy (non-hydrogen) atoms. The van der Waals surface area contributed by atoms with Gasteiger partial charge in [-0.15, -0.1) is 0 Å². The molecule has 176 valence electrons. The largest absolute Gasteiger partial charge is 0.506 e. The Kier molecular flexibility index (Phi) is 7.39. The molecule has 0 bridgehead atoms. The van der Waals surface area contributed by atoms with Crippen LogP contribution in [0.5, 0.6) is 23.0 Å². The van der Waals surface area contributed by atoms with Gasteiger partial charge in [-0.3, -0.25) is 4.79 Å². The zero-order valence-corrected chi connectivity index (χ0v) is 18.8. The van der Waals surface area contributed by atoms with Crippen molar-refractivity contribution in [2.24, 2.45) is 0 Å². The third-order valence-electron chi connectivity index (χ3n) is 5.04. The number of amides is 1. The molecule has 1 unspecified atom stereocenters. The molecule has 0 aromatic heterocycles. The number of hydrogen-bond acceptors (Lipinski definition) is 6. The van der Waals surface area contributed by atoms with Gasteiger partial charge in [-0.2, -0.15) is 0 Å². The van der Waals surface area contributed by atoms with E-state index < -0.39 is 12.3 Å². The minimum Gasteiger partial charge on any atom is -0.493 e. The van der Waals surface area contributed by atoms with Crippen molar-refractivity contribution in [3.63, 3.8) is 0 Å². The second kappa shape index (κ2) is 10.8. The normalized spacial score (nSPS) is 14.3. The predicted molar refractivity (Wildman–Crippen MR) is 124 cm³/mol. The highest BCUT2D eigenvalue weighted by molar-refractivity contribution is 6.32. The maximum atomic E-state index is 12.3. The molecule has 3 aromatic carbocycles. The number of benzene rings is 3. The monoisotopic (exact) mass is 483 g/mol. The molecule has 1 aliphatic rings. The van der Waals surface area contributed by atoms with Crippen molar-refractivity contribution >= 4 is 23.7 Å². The molecular formula is C25H22ClNO7. The van der Waals surface area contributed by atoms with E-state index >= 15 is 0 Å². The van der Waals surface area contributed by atoms with Crippen molar-refractivity contribution in [1.29, 1.82) is 0 Å². The fraction of sp³-hybridized carbons (Fsp3) is 0.200. The number of nitrogens with one attached hydrogen (secondary N) is 1. The Morgan fingerprint density at radius 1 is 1.06 bits per heavy atom. The molecule has 4 rings (SSSR count). The molecule has 1 atom stereocenters. The van der Waals surface area contributed by atoms with Gasteiger partial charge in [-0.1, -0.05) is 29.8 Å². The van der Waals surface area contributed by atoms with Gasteiger partial charge in [0.1, 0.15) is 35.7 Å². The lowest BCUT2D eigenvalue weighted by atomic mass is 10.0. The van der Waals surface area contributed by atoms with Crippen molar-refractivity contribution in [2.75, 3.05) is 19.8 Å². The molecule has 0 aliphatic carbocycles. The van der Waals surface area contributed by atoms with Crippen LogP contribution in [0.25, 0.3) is 0 Å². The first-order valence-electron chi connectivity index (χ1n) is 10.6. The highest BCUT2D eigenvalue weighted by Gasteiger charge is 2.27. The molecule has 1 aliphatic heterocycles. The van der Waals surface area contributed by atoms with Gasteiger partial charge in [0.15, 0.2) is 0 Å². The van der Waals surface area contributed by atoms with E-state index in [1.807, 2.05) is 30.3 Å². The number of halogens is 1. The third kappa shape index (κ3) is 5.90. The molecule has 0 radical (unpaired) electrons. The summed E-state index contributed by atoms with van der Waals surface area (Å²) in [5.74, 6) is 1.78. The fourth-order valence-corrected chi connectivity index (χ4v) is 3.64. The molecular weight excluding hydrogens is 462 g/mol. The lowest BCUT2D eigenvalue weighted by Gasteiger charge is -2.25. The average molecular weight is 484 g/mol. The molecule has 0 saturated heterocycles. The highest BCUT2D eigenvalue weighted by atomic mass is 35.5. The topological polar surface area (TPSA) is 103 Å². The number of para-hydroxylation sites is 1. The Labute approximate surface area is 201 Å². The van der Waals surface area contributed by atoms with Gasteiger partial charge in [0, 0.05) is 23.6 Å². The fourth-order valence-electron chi connectivity index (χ4n) is 3.43. The Morgan fingerprint density at radius 2 is 1.82 bits per heavy atom. The average Bonchev–Trinajstić information content (AvgIpc) is 2.83. The molecule has 0 saturated carbocycles. The summed E-state index contributed by atoms with van der Waals surface area (Å²) in [4.78, 5) is 23.3. The maximum absolute atomic E-state index is 12.3. The van der Waals surface area contributed by atoms with E-state index in [1.54, 1.807) is 36.4 Å². The minimum atomic E-state index is -1.36. The first kappa shape index (κ1) is 23.3. The molecule has 8 nitrogen and oxygen atoms in total. The number of ether oxygens (including phenoxy) is 4. The van der Waals surface area contributed by atoms with E-state index in [1.165, 1.54) is 0 Å². The van der Waals surface area contributed by atoms with E-state index in [2.05, 4.69) is 5.32 Å². The minimum absolute atomic E-state index is 0.229. The van der Waals surface area contributed by atoms with Crippen LogP contribution < -0.4 is 19.5 Å². The van der Waals surface area contributed by atoms with Crippen LogP contribution in [-0.4, -0.2) is 36.9 Å². The number of hydrogen-bond donors (Lipinski definition) is 2. The zero-order valence-electron chi connectivity index (χ0n) is 18.0. The standard InChI is InChI=1S/C25H22ClNO7/c26-20-14-19-21(34-25(29)30)10-12-32-22(19)15-23(20)33-18-8-6-16(7-9-18)24(28)27-11-13-31-17-4-2-1-3-5-17/h1-9,14-15,21H,10-13H2,(H,27,28)(H,29,30). The molecule has 9 heteroatoms. The van der Waals surface area contributed by atoms with Crippen LogP contribution in [0.3, 0.4) is 0 Å². The quantitative estimate of drug-likeness (QED) is 0.324.